The number of aromatic hydroxyl groups is 1. The zero-order chi connectivity index (χ0) is 10.0. The molecule has 0 unspecified atom stereocenters. The number of benzene rings is 1. The molecule has 1 aromatic rings. The normalized spacial score (nSPS) is 12.0. The third-order valence-corrected chi connectivity index (χ3v) is 2.22. The Bertz CT molecular complexity index is 320. The van der Waals surface area contributed by atoms with Crippen LogP contribution in [0, 0.1) is 0 Å². The maximum absolute atomic E-state index is 9.50. The van der Waals surface area contributed by atoms with E-state index in [-0.39, 0.29) is 29.7 Å². The molecule has 0 bridgehead atoms. The zero-order valence-corrected chi connectivity index (χ0v) is 9.53. The lowest BCUT2D eigenvalue weighted by atomic mass is 10.1. The van der Waals surface area contributed by atoms with Crippen molar-refractivity contribution < 1.29 is 5.11 Å². The third-order valence-electron chi connectivity index (χ3n) is 1.71. The van der Waals surface area contributed by atoms with Crippen molar-refractivity contribution in [3.8, 4) is 5.75 Å². The molecule has 3 nitrogen and oxygen atoms in total. The fraction of sp³-hybridized carbons (Fsp3) is 0.250. The summed E-state index contributed by atoms with van der Waals surface area (Å²) < 4.78 is 0. The number of rotatable bonds is 2. The van der Waals surface area contributed by atoms with E-state index in [0.29, 0.717) is 10.6 Å². The van der Waals surface area contributed by atoms with Gasteiger partial charge in [0.15, 0.2) is 0 Å². The summed E-state index contributed by atoms with van der Waals surface area (Å²) in [4.78, 5) is 0. The van der Waals surface area contributed by atoms with Gasteiger partial charge in [0.25, 0.3) is 0 Å². The Morgan fingerprint density at radius 1 is 1.36 bits per heavy atom. The average molecular weight is 258 g/mol. The van der Waals surface area contributed by atoms with Crippen molar-refractivity contribution in [2.45, 2.75) is 6.04 Å². The molecule has 0 fully saturated rings. The molecule has 6 heteroatoms. The van der Waals surface area contributed by atoms with Crippen molar-refractivity contribution >= 4 is 35.6 Å². The van der Waals surface area contributed by atoms with E-state index in [9.17, 15) is 5.11 Å². The topological polar surface area (TPSA) is 72.3 Å². The number of hydrogen-bond acceptors (Lipinski definition) is 3. The van der Waals surface area contributed by atoms with Gasteiger partial charge < -0.3 is 16.6 Å². The molecule has 0 saturated carbocycles. The van der Waals surface area contributed by atoms with E-state index in [2.05, 4.69) is 0 Å². The first-order chi connectivity index (χ1) is 6.06. The monoisotopic (exact) mass is 256 g/mol. The van der Waals surface area contributed by atoms with Crippen molar-refractivity contribution in [2.24, 2.45) is 11.5 Å². The zero-order valence-electron chi connectivity index (χ0n) is 7.21. The summed E-state index contributed by atoms with van der Waals surface area (Å²) in [5.74, 6) is -0.0518. The van der Waals surface area contributed by atoms with Crippen LogP contribution in [-0.2, 0) is 0 Å². The molecular formula is C8H11Cl3N2O. The van der Waals surface area contributed by atoms with Crippen LogP contribution in [0.5, 0.6) is 5.75 Å². The molecule has 0 radical (unpaired) electrons. The smallest absolute Gasteiger partial charge is 0.139 e. The number of phenols is 1. The van der Waals surface area contributed by atoms with Crippen LogP contribution in [0.15, 0.2) is 12.1 Å². The van der Waals surface area contributed by atoms with E-state index >= 15 is 0 Å². The highest BCUT2D eigenvalue weighted by atomic mass is 35.5. The first-order valence-electron chi connectivity index (χ1n) is 3.69. The van der Waals surface area contributed by atoms with Crippen molar-refractivity contribution in [3.63, 3.8) is 0 Å². The lowest BCUT2D eigenvalue weighted by Gasteiger charge is -2.12. The fourth-order valence-electron chi connectivity index (χ4n) is 0.996. The van der Waals surface area contributed by atoms with Gasteiger partial charge in [-0.25, -0.2) is 0 Å². The molecule has 0 aromatic heterocycles. The van der Waals surface area contributed by atoms with Crippen LogP contribution in [0.2, 0.25) is 10.0 Å². The second-order valence-corrected chi connectivity index (χ2v) is 3.51. The summed E-state index contributed by atoms with van der Waals surface area (Å²) in [6.07, 6.45) is 0. The summed E-state index contributed by atoms with van der Waals surface area (Å²) in [5, 5.41) is 10.1. The van der Waals surface area contributed by atoms with Gasteiger partial charge in [0.1, 0.15) is 5.75 Å². The molecule has 0 spiro atoms. The first kappa shape index (κ1) is 13.8. The number of phenolic OH excluding ortho intramolecular Hbond substituents is 1. The van der Waals surface area contributed by atoms with Crippen LogP contribution in [-0.4, -0.2) is 11.7 Å². The maximum atomic E-state index is 9.50. The molecule has 5 N–H and O–H groups in total. The molecule has 0 aliphatic heterocycles. The Kier molecular flexibility index (Phi) is 5.56. The highest BCUT2D eigenvalue weighted by molar-refractivity contribution is 6.35. The maximum Gasteiger partial charge on any atom is 0.139 e. The van der Waals surface area contributed by atoms with Crippen molar-refractivity contribution in [2.75, 3.05) is 6.54 Å². The van der Waals surface area contributed by atoms with Gasteiger partial charge in [-0.05, 0) is 12.1 Å². The number of halogens is 3. The Morgan fingerprint density at radius 3 is 2.43 bits per heavy atom. The number of nitrogens with two attached hydrogens (primary N) is 2. The van der Waals surface area contributed by atoms with E-state index in [1.54, 1.807) is 6.07 Å². The molecule has 0 aliphatic rings. The van der Waals surface area contributed by atoms with Crippen LogP contribution < -0.4 is 11.5 Å². The molecular weight excluding hydrogens is 246 g/mol. The average Bonchev–Trinajstić information content (AvgIpc) is 2.10. The quantitative estimate of drug-likeness (QED) is 0.759. The van der Waals surface area contributed by atoms with Gasteiger partial charge in [-0.15, -0.1) is 12.4 Å². The van der Waals surface area contributed by atoms with Crippen molar-refractivity contribution in [1.29, 1.82) is 0 Å². The minimum atomic E-state index is -0.448. The molecule has 0 saturated heterocycles. The summed E-state index contributed by atoms with van der Waals surface area (Å²) in [6.45, 7) is 0.226. The van der Waals surface area contributed by atoms with E-state index in [1.165, 1.54) is 6.07 Å². The van der Waals surface area contributed by atoms with E-state index in [4.69, 9.17) is 34.7 Å². The highest BCUT2D eigenvalue weighted by Crippen LogP contribution is 2.33. The van der Waals surface area contributed by atoms with Gasteiger partial charge in [0.2, 0.25) is 0 Å². The van der Waals surface area contributed by atoms with Gasteiger partial charge in [-0.3, -0.25) is 0 Å². The Morgan fingerprint density at radius 2 is 1.93 bits per heavy atom. The molecule has 0 aliphatic carbocycles. The van der Waals surface area contributed by atoms with Gasteiger partial charge in [0.05, 0.1) is 5.02 Å². The minimum absolute atomic E-state index is 0. The van der Waals surface area contributed by atoms with Gasteiger partial charge in [-0.1, -0.05) is 23.2 Å². The Balaban J connectivity index is 0.00000169. The highest BCUT2D eigenvalue weighted by Gasteiger charge is 2.13. The summed E-state index contributed by atoms with van der Waals surface area (Å²) in [5.41, 5.74) is 11.5. The Labute approximate surface area is 98.4 Å². The minimum Gasteiger partial charge on any atom is -0.506 e. The molecule has 1 rings (SSSR count). The summed E-state index contributed by atoms with van der Waals surface area (Å²) in [6, 6.07) is 2.56. The second-order valence-electron chi connectivity index (χ2n) is 2.67. The largest absolute Gasteiger partial charge is 0.506 e. The lowest BCUT2D eigenvalue weighted by molar-refractivity contribution is 0.462. The molecule has 14 heavy (non-hydrogen) atoms. The number of hydrogen-bond donors (Lipinski definition) is 3. The van der Waals surface area contributed by atoms with Crippen LogP contribution in [0.25, 0.3) is 0 Å². The van der Waals surface area contributed by atoms with Gasteiger partial charge in [0, 0.05) is 23.2 Å². The van der Waals surface area contributed by atoms with Crippen LogP contribution >= 0.6 is 35.6 Å². The molecule has 0 heterocycles. The fourth-order valence-corrected chi connectivity index (χ4v) is 1.50. The predicted octanol–water partition coefficient (Wildman–Crippen LogP) is 2.08. The van der Waals surface area contributed by atoms with E-state index < -0.39 is 6.04 Å². The van der Waals surface area contributed by atoms with Gasteiger partial charge in [-0.2, -0.15) is 0 Å². The predicted molar refractivity (Wildman–Crippen MR) is 61.4 cm³/mol. The van der Waals surface area contributed by atoms with Crippen molar-refractivity contribution in [3.05, 3.63) is 27.7 Å². The summed E-state index contributed by atoms with van der Waals surface area (Å²) >= 11 is 11.4. The van der Waals surface area contributed by atoms with Crippen LogP contribution in [0.1, 0.15) is 11.6 Å². The standard InChI is InChI=1S/C8H10Cl2N2O.ClH/c9-4-1-5(7(12)3-11)8(13)6(10)2-4;/h1-2,7,13H,3,11-12H2;1H/t7-;/m1./s1. The van der Waals surface area contributed by atoms with Crippen LogP contribution in [0.4, 0.5) is 0 Å². The molecule has 1 aromatic carbocycles. The first-order valence-corrected chi connectivity index (χ1v) is 4.45. The van der Waals surface area contributed by atoms with Crippen LogP contribution in [0.3, 0.4) is 0 Å². The van der Waals surface area contributed by atoms with Gasteiger partial charge >= 0.3 is 0 Å². The molecule has 80 valence electrons. The van der Waals surface area contributed by atoms with E-state index in [1.807, 2.05) is 0 Å². The van der Waals surface area contributed by atoms with E-state index in [0.717, 1.165) is 0 Å². The molecule has 1 atom stereocenters. The molecule has 0 amide bonds. The van der Waals surface area contributed by atoms with Crippen molar-refractivity contribution in [1.82, 2.24) is 0 Å². The summed E-state index contributed by atoms with van der Waals surface area (Å²) in [7, 11) is 0. The Hall–Kier alpha value is -0.190. The third kappa shape index (κ3) is 2.90. The lowest BCUT2D eigenvalue weighted by Crippen LogP contribution is -2.20. The SMILES string of the molecule is Cl.NC[C@@H](N)c1cc(Cl)cc(Cl)c1O. The second kappa shape index (κ2) is 5.63.